The third-order valence-electron chi connectivity index (χ3n) is 5.48. The number of hydrogen-bond donors (Lipinski definition) is 8. The van der Waals surface area contributed by atoms with Gasteiger partial charge >= 0.3 is 5.97 Å². The zero-order valence-electron chi connectivity index (χ0n) is 20.4. The van der Waals surface area contributed by atoms with E-state index in [1.54, 1.807) is 0 Å². The van der Waals surface area contributed by atoms with Crippen LogP contribution < -0.4 is 21.7 Å². The summed E-state index contributed by atoms with van der Waals surface area (Å²) in [6.07, 6.45) is -1.51. The van der Waals surface area contributed by atoms with Crippen molar-refractivity contribution >= 4 is 23.7 Å². The van der Waals surface area contributed by atoms with Gasteiger partial charge in [0.05, 0.1) is 12.1 Å². The molecule has 0 aromatic heterocycles. The van der Waals surface area contributed by atoms with Crippen LogP contribution in [0.5, 0.6) is 11.5 Å². The summed E-state index contributed by atoms with van der Waals surface area (Å²) >= 11 is 0. The average molecular weight is 517 g/mol. The monoisotopic (exact) mass is 516 g/mol. The SMILES string of the molecule is CC(N)C(=O)NC(C(=O)NC(Cc1ccc(O)cc1)C(=O)NC(Cc1ccc(O)cc1)C(=O)O)C(C)O. The molecule has 9 N–H and O–H groups in total. The highest BCUT2D eigenvalue weighted by Gasteiger charge is 2.32. The predicted molar refractivity (Wildman–Crippen MR) is 132 cm³/mol. The van der Waals surface area contributed by atoms with Crippen molar-refractivity contribution in [2.45, 2.75) is 57.0 Å². The molecule has 0 saturated heterocycles. The molecular weight excluding hydrogens is 484 g/mol. The lowest BCUT2D eigenvalue weighted by molar-refractivity contribution is -0.142. The van der Waals surface area contributed by atoms with Crippen molar-refractivity contribution in [3.63, 3.8) is 0 Å². The molecule has 0 saturated carbocycles. The number of amides is 3. The maximum atomic E-state index is 13.2. The molecule has 12 nitrogen and oxygen atoms in total. The van der Waals surface area contributed by atoms with Crippen LogP contribution in [0.25, 0.3) is 0 Å². The van der Waals surface area contributed by atoms with Crippen LogP contribution in [0.3, 0.4) is 0 Å². The van der Waals surface area contributed by atoms with Gasteiger partial charge in [-0.05, 0) is 49.2 Å². The van der Waals surface area contributed by atoms with Crippen molar-refractivity contribution in [3.05, 3.63) is 59.7 Å². The smallest absolute Gasteiger partial charge is 0.326 e. The lowest BCUT2D eigenvalue weighted by Crippen LogP contribution is -2.60. The van der Waals surface area contributed by atoms with Crippen molar-refractivity contribution in [3.8, 4) is 11.5 Å². The number of carbonyl (C=O) groups is 4. The van der Waals surface area contributed by atoms with E-state index < -0.39 is 54.0 Å². The second-order valence-corrected chi connectivity index (χ2v) is 8.72. The van der Waals surface area contributed by atoms with Gasteiger partial charge in [0.15, 0.2) is 0 Å². The van der Waals surface area contributed by atoms with Crippen LogP contribution in [0.1, 0.15) is 25.0 Å². The summed E-state index contributed by atoms with van der Waals surface area (Å²) in [6.45, 7) is 2.67. The molecule has 2 aromatic rings. The molecule has 0 fully saturated rings. The average Bonchev–Trinajstić information content (AvgIpc) is 2.83. The van der Waals surface area contributed by atoms with E-state index in [0.29, 0.717) is 11.1 Å². The van der Waals surface area contributed by atoms with E-state index in [4.69, 9.17) is 5.73 Å². The molecule has 3 amide bonds. The second kappa shape index (κ2) is 13.2. The van der Waals surface area contributed by atoms with E-state index >= 15 is 0 Å². The fraction of sp³-hybridized carbons (Fsp3) is 0.360. The van der Waals surface area contributed by atoms with Gasteiger partial charge in [0.2, 0.25) is 17.7 Å². The third-order valence-corrected chi connectivity index (χ3v) is 5.48. The Hall–Kier alpha value is -4.16. The minimum atomic E-state index is -1.43. The summed E-state index contributed by atoms with van der Waals surface area (Å²) in [5.74, 6) is -3.73. The molecule has 0 heterocycles. The van der Waals surface area contributed by atoms with Crippen LogP contribution >= 0.6 is 0 Å². The molecule has 0 radical (unpaired) electrons. The van der Waals surface area contributed by atoms with Crippen LogP contribution in [0.2, 0.25) is 0 Å². The molecule has 5 unspecified atom stereocenters. The Bertz CT molecular complexity index is 1090. The normalized spacial score (nSPS) is 14.9. The lowest BCUT2D eigenvalue weighted by atomic mass is 10.0. The Balaban J connectivity index is 2.26. The number of carboxylic acids is 1. The first kappa shape index (κ1) is 29.1. The number of carboxylic acid groups (broad SMARTS) is 1. The number of carbonyl (C=O) groups excluding carboxylic acids is 3. The summed E-state index contributed by atoms with van der Waals surface area (Å²) in [6, 6.07) is 6.58. The highest BCUT2D eigenvalue weighted by atomic mass is 16.4. The van der Waals surface area contributed by atoms with Gasteiger partial charge in [0.25, 0.3) is 0 Å². The highest BCUT2D eigenvalue weighted by molar-refractivity contribution is 5.94. The number of benzene rings is 2. The van der Waals surface area contributed by atoms with E-state index in [1.807, 2.05) is 0 Å². The van der Waals surface area contributed by atoms with E-state index in [0.717, 1.165) is 0 Å². The number of aliphatic hydroxyl groups is 1. The van der Waals surface area contributed by atoms with Crippen molar-refractivity contribution in [1.82, 2.24) is 16.0 Å². The zero-order chi connectivity index (χ0) is 27.7. The summed E-state index contributed by atoms with van der Waals surface area (Å²) in [5, 5.41) is 45.9. The lowest BCUT2D eigenvalue weighted by Gasteiger charge is -2.26. The Morgan fingerprint density at radius 3 is 1.57 bits per heavy atom. The number of nitrogens with two attached hydrogens (primary N) is 1. The minimum absolute atomic E-state index is 0.000112. The van der Waals surface area contributed by atoms with Crippen LogP contribution in [0.4, 0.5) is 0 Å². The number of phenolic OH excluding ortho intramolecular Hbond substituents is 2. The molecule has 2 rings (SSSR count). The molecule has 200 valence electrons. The summed E-state index contributed by atoms with van der Waals surface area (Å²) in [5.41, 5.74) is 6.60. The maximum absolute atomic E-state index is 13.2. The van der Waals surface area contributed by atoms with Crippen molar-refractivity contribution in [1.29, 1.82) is 0 Å². The Kier molecular flexibility index (Phi) is 10.4. The standard InChI is InChI=1S/C25H32N4O8/c1-13(26)22(33)29-21(14(2)30)24(35)27-19(11-15-3-7-17(31)8-4-15)23(34)28-20(25(36)37)12-16-5-9-18(32)10-6-16/h3-10,13-14,19-21,30-32H,11-12,26H2,1-2H3,(H,27,35)(H,28,34)(H,29,33)(H,36,37). The summed E-state index contributed by atoms with van der Waals surface area (Å²) in [7, 11) is 0. The fourth-order valence-corrected chi connectivity index (χ4v) is 3.37. The Morgan fingerprint density at radius 2 is 1.16 bits per heavy atom. The predicted octanol–water partition coefficient (Wildman–Crippen LogP) is -0.850. The minimum Gasteiger partial charge on any atom is -0.508 e. The van der Waals surface area contributed by atoms with E-state index in [1.165, 1.54) is 62.4 Å². The van der Waals surface area contributed by atoms with Crippen LogP contribution in [-0.4, -0.2) is 74.4 Å². The van der Waals surface area contributed by atoms with E-state index in [2.05, 4.69) is 16.0 Å². The number of aliphatic hydroxyl groups excluding tert-OH is 1. The quantitative estimate of drug-likeness (QED) is 0.176. The van der Waals surface area contributed by atoms with Crippen molar-refractivity contribution in [2.75, 3.05) is 0 Å². The number of rotatable bonds is 12. The van der Waals surface area contributed by atoms with Crippen molar-refractivity contribution < 1.29 is 39.6 Å². The summed E-state index contributed by atoms with van der Waals surface area (Å²) in [4.78, 5) is 50.0. The van der Waals surface area contributed by atoms with Gasteiger partial charge in [-0.3, -0.25) is 14.4 Å². The van der Waals surface area contributed by atoms with Gasteiger partial charge in [-0.15, -0.1) is 0 Å². The van der Waals surface area contributed by atoms with Crippen LogP contribution in [-0.2, 0) is 32.0 Å². The summed E-state index contributed by atoms with van der Waals surface area (Å²) < 4.78 is 0. The Morgan fingerprint density at radius 1 is 0.730 bits per heavy atom. The number of hydrogen-bond acceptors (Lipinski definition) is 8. The molecule has 0 aliphatic carbocycles. The first-order valence-corrected chi connectivity index (χ1v) is 11.5. The van der Waals surface area contributed by atoms with Gasteiger partial charge in [0, 0.05) is 12.8 Å². The molecule has 12 heteroatoms. The topological polar surface area (TPSA) is 211 Å². The number of phenols is 2. The molecule has 5 atom stereocenters. The number of aromatic hydroxyl groups is 2. The van der Waals surface area contributed by atoms with E-state index in [-0.39, 0.29) is 24.3 Å². The molecule has 0 aliphatic rings. The molecule has 0 aliphatic heterocycles. The molecular formula is C25H32N4O8. The van der Waals surface area contributed by atoms with Gasteiger partial charge in [-0.25, -0.2) is 4.79 Å². The fourth-order valence-electron chi connectivity index (χ4n) is 3.37. The van der Waals surface area contributed by atoms with Crippen LogP contribution in [0, 0.1) is 0 Å². The largest absolute Gasteiger partial charge is 0.508 e. The van der Waals surface area contributed by atoms with Crippen molar-refractivity contribution in [2.24, 2.45) is 5.73 Å². The second-order valence-electron chi connectivity index (χ2n) is 8.72. The first-order valence-electron chi connectivity index (χ1n) is 11.5. The molecule has 2 aromatic carbocycles. The van der Waals surface area contributed by atoms with Gasteiger partial charge in [-0.2, -0.15) is 0 Å². The number of aliphatic carboxylic acids is 1. The maximum Gasteiger partial charge on any atom is 0.326 e. The first-order chi connectivity index (χ1) is 17.4. The highest BCUT2D eigenvalue weighted by Crippen LogP contribution is 2.14. The van der Waals surface area contributed by atoms with Crippen LogP contribution in [0.15, 0.2) is 48.5 Å². The van der Waals surface area contributed by atoms with Gasteiger partial charge < -0.3 is 42.1 Å². The third kappa shape index (κ3) is 9.09. The Labute approximate surface area is 213 Å². The number of nitrogens with one attached hydrogen (secondary N) is 3. The molecule has 0 spiro atoms. The molecule has 0 bridgehead atoms. The molecule has 37 heavy (non-hydrogen) atoms. The van der Waals surface area contributed by atoms with Gasteiger partial charge in [0.1, 0.15) is 29.6 Å². The van der Waals surface area contributed by atoms with E-state index in [9.17, 15) is 39.6 Å². The van der Waals surface area contributed by atoms with Gasteiger partial charge in [-0.1, -0.05) is 24.3 Å². The zero-order valence-corrected chi connectivity index (χ0v) is 20.4.